The lowest BCUT2D eigenvalue weighted by Gasteiger charge is -2.22. The Bertz CT molecular complexity index is 426. The van der Waals surface area contributed by atoms with E-state index in [4.69, 9.17) is 0 Å². The minimum absolute atomic E-state index is 0.114. The average molecular weight is 220 g/mol. The monoisotopic (exact) mass is 220 g/mol. The van der Waals surface area contributed by atoms with Gasteiger partial charge in [-0.3, -0.25) is 0 Å². The summed E-state index contributed by atoms with van der Waals surface area (Å²) in [6.45, 7) is 9.56. The van der Waals surface area contributed by atoms with Crippen LogP contribution >= 0.6 is 0 Å². The van der Waals surface area contributed by atoms with Crippen molar-refractivity contribution in [2.24, 2.45) is 0 Å². The summed E-state index contributed by atoms with van der Waals surface area (Å²) in [5.41, 5.74) is 2.68. The molecule has 1 saturated heterocycles. The molecule has 2 rings (SSSR count). The van der Waals surface area contributed by atoms with Gasteiger partial charge >= 0.3 is 0 Å². The van der Waals surface area contributed by atoms with Gasteiger partial charge in [0, 0.05) is 24.3 Å². The Morgan fingerprint density at radius 1 is 1.50 bits per heavy atom. The summed E-state index contributed by atoms with van der Waals surface area (Å²) < 4.78 is 13.8. The fourth-order valence-corrected chi connectivity index (χ4v) is 2.15. The summed E-state index contributed by atoms with van der Waals surface area (Å²) in [6.07, 6.45) is 0.700. The fourth-order valence-electron chi connectivity index (χ4n) is 2.15. The lowest BCUT2D eigenvalue weighted by Crippen LogP contribution is -2.20. The van der Waals surface area contributed by atoms with Gasteiger partial charge in [-0.1, -0.05) is 13.5 Å². The van der Waals surface area contributed by atoms with Crippen molar-refractivity contribution in [1.82, 2.24) is 5.32 Å². The van der Waals surface area contributed by atoms with E-state index in [1.165, 1.54) is 0 Å². The third-order valence-corrected chi connectivity index (χ3v) is 2.95. The Morgan fingerprint density at radius 2 is 2.25 bits per heavy atom. The van der Waals surface area contributed by atoms with Crippen LogP contribution in [0.2, 0.25) is 0 Å². The van der Waals surface area contributed by atoms with Gasteiger partial charge in [0.25, 0.3) is 0 Å². The Balaban J connectivity index is 2.49. The van der Waals surface area contributed by atoms with Crippen molar-refractivity contribution in [1.29, 1.82) is 0 Å². The molecule has 0 amide bonds. The molecule has 1 aromatic carbocycles. The molecule has 0 aromatic heterocycles. The number of aryl methyl sites for hydroxylation is 1. The zero-order valence-corrected chi connectivity index (χ0v) is 9.81. The van der Waals surface area contributed by atoms with Gasteiger partial charge in [0.2, 0.25) is 0 Å². The van der Waals surface area contributed by atoms with Gasteiger partial charge in [0.1, 0.15) is 5.82 Å². The Labute approximate surface area is 95.8 Å². The second-order valence-corrected chi connectivity index (χ2v) is 4.12. The molecule has 2 nitrogen and oxygen atoms in total. The first-order valence-electron chi connectivity index (χ1n) is 5.62. The van der Waals surface area contributed by atoms with Crippen LogP contribution < -0.4 is 10.2 Å². The first kappa shape index (κ1) is 11.0. The highest BCUT2D eigenvalue weighted by atomic mass is 19.1. The summed E-state index contributed by atoms with van der Waals surface area (Å²) in [6, 6.07) is 3.62. The van der Waals surface area contributed by atoms with Gasteiger partial charge in [0.15, 0.2) is 0 Å². The molecule has 0 spiro atoms. The van der Waals surface area contributed by atoms with E-state index in [9.17, 15) is 4.39 Å². The quantitative estimate of drug-likeness (QED) is 0.824. The number of anilines is 1. The maximum atomic E-state index is 13.8. The van der Waals surface area contributed by atoms with Gasteiger partial charge in [-0.2, -0.15) is 0 Å². The third kappa shape index (κ3) is 1.77. The molecule has 1 aliphatic heterocycles. The average Bonchev–Trinajstić information content (AvgIpc) is 2.63. The van der Waals surface area contributed by atoms with Gasteiger partial charge in [-0.15, -0.1) is 0 Å². The Hall–Kier alpha value is -1.51. The number of nitrogens with zero attached hydrogens (tertiary/aromatic N) is 1. The number of hydrogen-bond acceptors (Lipinski definition) is 2. The van der Waals surface area contributed by atoms with Crippen LogP contribution in [-0.2, 0) is 6.42 Å². The topological polar surface area (TPSA) is 15.3 Å². The molecule has 1 fully saturated rings. The number of hydrogen-bond donors (Lipinski definition) is 1. The zero-order chi connectivity index (χ0) is 11.7. The molecule has 1 aliphatic rings. The van der Waals surface area contributed by atoms with Gasteiger partial charge in [-0.25, -0.2) is 4.39 Å². The Morgan fingerprint density at radius 3 is 2.81 bits per heavy atom. The first-order valence-corrected chi connectivity index (χ1v) is 5.62. The van der Waals surface area contributed by atoms with Gasteiger partial charge in [0.05, 0.1) is 5.82 Å². The first-order chi connectivity index (χ1) is 7.63. The van der Waals surface area contributed by atoms with Crippen molar-refractivity contribution in [2.75, 3.05) is 18.0 Å². The Kier molecular flexibility index (Phi) is 2.86. The van der Waals surface area contributed by atoms with E-state index in [1.807, 2.05) is 19.9 Å². The lowest BCUT2D eigenvalue weighted by atomic mass is 10.1. The largest absolute Gasteiger partial charge is 0.370 e. The predicted molar refractivity (Wildman–Crippen MR) is 65.0 cm³/mol. The summed E-state index contributed by atoms with van der Waals surface area (Å²) in [4.78, 5) is 2.05. The van der Waals surface area contributed by atoms with E-state index in [2.05, 4.69) is 16.8 Å². The van der Waals surface area contributed by atoms with Crippen molar-refractivity contribution in [3.05, 3.63) is 41.5 Å². The van der Waals surface area contributed by atoms with Crippen LogP contribution in [-0.4, -0.2) is 13.1 Å². The van der Waals surface area contributed by atoms with Crippen LogP contribution in [0.4, 0.5) is 10.1 Å². The molecule has 1 N–H and O–H groups in total. The van der Waals surface area contributed by atoms with Crippen LogP contribution in [0.1, 0.15) is 18.1 Å². The van der Waals surface area contributed by atoms with Crippen molar-refractivity contribution < 1.29 is 4.39 Å². The molecule has 0 atom stereocenters. The standard InChI is InChI=1S/C13H17FN2/c1-4-11-12(14)7-9(2)8-13(11)16-6-5-15-10(16)3/h7-8,15H,3-6H2,1-2H3. The predicted octanol–water partition coefficient (Wildman–Crippen LogP) is 2.58. The van der Waals surface area contributed by atoms with Crippen molar-refractivity contribution >= 4 is 5.69 Å². The second-order valence-electron chi connectivity index (χ2n) is 4.12. The molecule has 1 aromatic rings. The smallest absolute Gasteiger partial charge is 0.128 e. The summed E-state index contributed by atoms with van der Waals surface area (Å²) in [5.74, 6) is 0.747. The van der Waals surface area contributed by atoms with Crippen molar-refractivity contribution in [2.45, 2.75) is 20.3 Å². The summed E-state index contributed by atoms with van der Waals surface area (Å²) >= 11 is 0. The molecular formula is C13H17FN2. The minimum atomic E-state index is -0.114. The minimum Gasteiger partial charge on any atom is -0.370 e. The molecule has 86 valence electrons. The number of rotatable bonds is 2. The van der Waals surface area contributed by atoms with Crippen LogP contribution in [0.25, 0.3) is 0 Å². The van der Waals surface area contributed by atoms with Crippen LogP contribution in [0.5, 0.6) is 0 Å². The van der Waals surface area contributed by atoms with Gasteiger partial charge in [-0.05, 0) is 31.0 Å². The molecule has 1 heterocycles. The molecule has 0 bridgehead atoms. The van der Waals surface area contributed by atoms with E-state index < -0.39 is 0 Å². The van der Waals surface area contributed by atoms with Crippen molar-refractivity contribution in [3.8, 4) is 0 Å². The number of nitrogens with one attached hydrogen (secondary N) is 1. The fraction of sp³-hybridized carbons (Fsp3) is 0.385. The highest BCUT2D eigenvalue weighted by Crippen LogP contribution is 2.28. The summed E-state index contributed by atoms with van der Waals surface area (Å²) in [7, 11) is 0. The highest BCUT2D eigenvalue weighted by Gasteiger charge is 2.20. The zero-order valence-electron chi connectivity index (χ0n) is 9.81. The maximum Gasteiger partial charge on any atom is 0.128 e. The highest BCUT2D eigenvalue weighted by molar-refractivity contribution is 5.60. The van der Waals surface area contributed by atoms with E-state index in [0.717, 1.165) is 35.7 Å². The van der Waals surface area contributed by atoms with E-state index in [0.29, 0.717) is 6.42 Å². The molecule has 16 heavy (non-hydrogen) atoms. The molecule has 0 saturated carbocycles. The normalized spacial score (nSPS) is 15.4. The maximum absolute atomic E-state index is 13.8. The summed E-state index contributed by atoms with van der Waals surface area (Å²) in [5, 5.41) is 3.17. The second kappa shape index (κ2) is 4.16. The van der Waals surface area contributed by atoms with Crippen LogP contribution in [0.15, 0.2) is 24.5 Å². The van der Waals surface area contributed by atoms with E-state index in [1.54, 1.807) is 6.07 Å². The molecule has 0 radical (unpaired) electrons. The molecular weight excluding hydrogens is 203 g/mol. The third-order valence-electron chi connectivity index (χ3n) is 2.95. The van der Waals surface area contributed by atoms with Crippen molar-refractivity contribution in [3.63, 3.8) is 0 Å². The van der Waals surface area contributed by atoms with E-state index in [-0.39, 0.29) is 5.82 Å². The SMILES string of the molecule is C=C1NCCN1c1cc(C)cc(F)c1CC. The lowest BCUT2D eigenvalue weighted by molar-refractivity contribution is 0.610. The number of benzene rings is 1. The molecule has 3 heteroatoms. The van der Waals surface area contributed by atoms with Crippen LogP contribution in [0.3, 0.4) is 0 Å². The molecule has 0 aliphatic carbocycles. The van der Waals surface area contributed by atoms with Crippen LogP contribution in [0, 0.1) is 12.7 Å². The van der Waals surface area contributed by atoms with E-state index >= 15 is 0 Å². The molecule has 0 unspecified atom stereocenters. The van der Waals surface area contributed by atoms with Gasteiger partial charge < -0.3 is 10.2 Å². The number of halogens is 1.